The fourth-order valence-electron chi connectivity index (χ4n) is 3.97. The number of aromatic nitrogens is 3. The number of benzene rings is 1. The zero-order chi connectivity index (χ0) is 19.1. The van der Waals surface area contributed by atoms with Crippen molar-refractivity contribution in [2.75, 3.05) is 26.2 Å². The molecule has 2 aliphatic rings. The van der Waals surface area contributed by atoms with E-state index in [1.54, 1.807) is 5.51 Å². The van der Waals surface area contributed by atoms with E-state index >= 15 is 0 Å². The largest absolute Gasteiger partial charge is 0.335 e. The molecule has 0 atom stereocenters. The minimum Gasteiger partial charge on any atom is -0.335 e. The summed E-state index contributed by atoms with van der Waals surface area (Å²) in [5.41, 5.74) is 5.07. The van der Waals surface area contributed by atoms with Crippen LogP contribution in [0.25, 0.3) is 10.2 Å². The Morgan fingerprint density at radius 3 is 2.50 bits per heavy atom. The third-order valence-electron chi connectivity index (χ3n) is 5.57. The normalized spacial score (nSPS) is 17.0. The van der Waals surface area contributed by atoms with Crippen LogP contribution in [0.5, 0.6) is 0 Å². The highest BCUT2D eigenvalue weighted by Crippen LogP contribution is 2.21. The molecule has 1 saturated heterocycles. The van der Waals surface area contributed by atoms with Gasteiger partial charge in [0.1, 0.15) is 0 Å². The van der Waals surface area contributed by atoms with Gasteiger partial charge in [-0.15, -0.1) is 11.3 Å². The molecule has 8 heteroatoms. The Morgan fingerprint density at radius 1 is 0.929 bits per heavy atom. The predicted molar refractivity (Wildman–Crippen MR) is 107 cm³/mol. The lowest BCUT2D eigenvalue weighted by Gasteiger charge is -2.34. The number of aryl methyl sites for hydroxylation is 2. The Labute approximate surface area is 166 Å². The minimum atomic E-state index is -0.0277. The van der Waals surface area contributed by atoms with Crippen LogP contribution in [0, 0.1) is 0 Å². The summed E-state index contributed by atoms with van der Waals surface area (Å²) < 4.78 is 2.98. The van der Waals surface area contributed by atoms with Crippen LogP contribution >= 0.6 is 11.3 Å². The summed E-state index contributed by atoms with van der Waals surface area (Å²) in [6, 6.07) is 7.56. The molecule has 28 heavy (non-hydrogen) atoms. The lowest BCUT2D eigenvalue weighted by atomic mass is 10.1. The highest BCUT2D eigenvalue weighted by Gasteiger charge is 2.27. The molecule has 5 rings (SSSR count). The van der Waals surface area contributed by atoms with Crippen molar-refractivity contribution in [1.82, 2.24) is 24.6 Å². The summed E-state index contributed by atoms with van der Waals surface area (Å²) >= 11 is 1.53. The molecule has 4 heterocycles. The third kappa shape index (κ3) is 3.07. The van der Waals surface area contributed by atoms with E-state index in [1.807, 2.05) is 38.7 Å². The molecule has 0 unspecified atom stereocenters. The topological polar surface area (TPSA) is 71.3 Å². The Bertz CT molecular complexity index is 1020. The summed E-state index contributed by atoms with van der Waals surface area (Å²) in [7, 11) is 0. The predicted octanol–water partition coefficient (Wildman–Crippen LogP) is 2.43. The van der Waals surface area contributed by atoms with Crippen molar-refractivity contribution in [2.45, 2.75) is 25.8 Å². The third-order valence-corrected chi connectivity index (χ3v) is 6.36. The van der Waals surface area contributed by atoms with Crippen molar-refractivity contribution in [1.29, 1.82) is 0 Å². The zero-order valence-electron chi connectivity index (χ0n) is 15.5. The summed E-state index contributed by atoms with van der Waals surface area (Å²) in [6.07, 6.45) is 3.27. The van der Waals surface area contributed by atoms with Gasteiger partial charge >= 0.3 is 0 Å². The molecule has 2 amide bonds. The van der Waals surface area contributed by atoms with E-state index in [9.17, 15) is 9.59 Å². The second kappa shape index (κ2) is 7.01. The van der Waals surface area contributed by atoms with Crippen LogP contribution in [0.4, 0.5) is 0 Å². The molecular weight excluding hydrogens is 374 g/mol. The number of carbonyl (C=O) groups excluding carboxylic acids is 2. The summed E-state index contributed by atoms with van der Waals surface area (Å²) in [5, 5.41) is 4.49. The monoisotopic (exact) mass is 395 g/mol. The fraction of sp³-hybridized carbons (Fsp3) is 0.400. The average molecular weight is 395 g/mol. The van der Waals surface area contributed by atoms with Crippen molar-refractivity contribution < 1.29 is 9.59 Å². The first-order valence-corrected chi connectivity index (χ1v) is 10.6. The molecule has 1 fully saturated rings. The number of thiazole rings is 1. The fourth-order valence-corrected chi connectivity index (χ4v) is 4.68. The number of fused-ring (bicyclic) bond motifs is 2. The van der Waals surface area contributed by atoms with Crippen LogP contribution in [0.3, 0.4) is 0 Å². The Morgan fingerprint density at radius 2 is 1.71 bits per heavy atom. The first-order chi connectivity index (χ1) is 13.7. The number of carbonyl (C=O) groups is 2. The summed E-state index contributed by atoms with van der Waals surface area (Å²) in [4.78, 5) is 33.5. The van der Waals surface area contributed by atoms with Crippen molar-refractivity contribution in [3.05, 3.63) is 46.7 Å². The maximum atomic E-state index is 12.8. The molecule has 0 aliphatic carbocycles. The molecule has 144 valence electrons. The van der Waals surface area contributed by atoms with E-state index in [0.717, 1.165) is 41.7 Å². The summed E-state index contributed by atoms with van der Waals surface area (Å²) in [6.45, 7) is 3.05. The van der Waals surface area contributed by atoms with Crippen LogP contribution in [0.2, 0.25) is 0 Å². The zero-order valence-corrected chi connectivity index (χ0v) is 16.3. The number of rotatable bonds is 2. The molecule has 0 saturated carbocycles. The van der Waals surface area contributed by atoms with Gasteiger partial charge in [0.2, 0.25) is 0 Å². The second-order valence-electron chi connectivity index (χ2n) is 7.32. The van der Waals surface area contributed by atoms with Crippen molar-refractivity contribution >= 4 is 33.4 Å². The number of hydrogen-bond acceptors (Lipinski definition) is 5. The smallest absolute Gasteiger partial charge is 0.274 e. The molecule has 1 aromatic carbocycles. The first kappa shape index (κ1) is 17.4. The SMILES string of the molecule is O=C(c1ccc2ncsc2c1)N1CCN(C(=O)c2cc3n(n2)CCCC3)CC1. The van der Waals surface area contributed by atoms with Crippen molar-refractivity contribution in [3.8, 4) is 0 Å². The molecule has 0 bridgehead atoms. The van der Waals surface area contributed by atoms with Crippen LogP contribution in [0.1, 0.15) is 39.4 Å². The quantitative estimate of drug-likeness (QED) is 0.668. The van der Waals surface area contributed by atoms with Gasteiger partial charge in [-0.2, -0.15) is 5.10 Å². The van der Waals surface area contributed by atoms with Crippen molar-refractivity contribution in [2.24, 2.45) is 0 Å². The van der Waals surface area contributed by atoms with Gasteiger partial charge in [-0.3, -0.25) is 14.3 Å². The van der Waals surface area contributed by atoms with E-state index < -0.39 is 0 Å². The van der Waals surface area contributed by atoms with E-state index in [0.29, 0.717) is 37.4 Å². The molecule has 0 N–H and O–H groups in total. The number of amides is 2. The molecular formula is C20H21N5O2S. The maximum absolute atomic E-state index is 12.8. The number of nitrogens with zero attached hydrogens (tertiary/aromatic N) is 5. The molecule has 2 aliphatic heterocycles. The highest BCUT2D eigenvalue weighted by atomic mass is 32.1. The van der Waals surface area contributed by atoms with Gasteiger partial charge in [0.25, 0.3) is 11.8 Å². The van der Waals surface area contributed by atoms with E-state index in [1.165, 1.54) is 11.3 Å². The van der Waals surface area contributed by atoms with Crippen LogP contribution in [-0.4, -0.2) is 62.6 Å². The Balaban J connectivity index is 1.24. The molecule has 0 spiro atoms. The number of hydrogen-bond donors (Lipinski definition) is 0. The van der Waals surface area contributed by atoms with Gasteiger partial charge in [0.15, 0.2) is 5.69 Å². The van der Waals surface area contributed by atoms with Gasteiger partial charge in [-0.25, -0.2) is 4.98 Å². The van der Waals surface area contributed by atoms with E-state index in [2.05, 4.69) is 10.1 Å². The Kier molecular flexibility index (Phi) is 4.35. The van der Waals surface area contributed by atoms with E-state index in [-0.39, 0.29) is 11.8 Å². The molecule has 7 nitrogen and oxygen atoms in total. The molecule has 3 aromatic rings. The van der Waals surface area contributed by atoms with E-state index in [4.69, 9.17) is 0 Å². The van der Waals surface area contributed by atoms with Gasteiger partial charge in [0, 0.05) is 44.0 Å². The highest BCUT2D eigenvalue weighted by molar-refractivity contribution is 7.16. The van der Waals surface area contributed by atoms with Crippen LogP contribution in [0.15, 0.2) is 29.8 Å². The van der Waals surface area contributed by atoms with Gasteiger partial charge < -0.3 is 9.80 Å². The number of piperazine rings is 1. The summed E-state index contributed by atoms with van der Waals surface area (Å²) in [5.74, 6) is -0.0140. The molecule has 0 radical (unpaired) electrons. The molecule has 2 aromatic heterocycles. The van der Waals surface area contributed by atoms with Gasteiger partial charge in [-0.1, -0.05) is 0 Å². The standard InChI is InChI=1S/C20H21N5O2S/c26-19(14-4-5-16-18(11-14)28-13-21-16)23-7-9-24(10-8-23)20(27)17-12-15-3-1-2-6-25(15)22-17/h4-5,11-13H,1-3,6-10H2. The first-order valence-electron chi connectivity index (χ1n) is 9.67. The van der Waals surface area contributed by atoms with Crippen LogP contribution < -0.4 is 0 Å². The van der Waals surface area contributed by atoms with Crippen molar-refractivity contribution in [3.63, 3.8) is 0 Å². The van der Waals surface area contributed by atoms with Gasteiger partial charge in [-0.05, 0) is 43.5 Å². The van der Waals surface area contributed by atoms with Gasteiger partial charge in [0.05, 0.1) is 15.7 Å². The van der Waals surface area contributed by atoms with Crippen LogP contribution in [-0.2, 0) is 13.0 Å². The Hall–Kier alpha value is -2.74. The second-order valence-corrected chi connectivity index (χ2v) is 8.21. The maximum Gasteiger partial charge on any atom is 0.274 e. The lowest BCUT2D eigenvalue weighted by molar-refractivity contribution is 0.0532. The minimum absolute atomic E-state index is 0.0138. The average Bonchev–Trinajstić information content (AvgIpc) is 3.39. The lowest BCUT2D eigenvalue weighted by Crippen LogP contribution is -2.50.